The highest BCUT2D eigenvalue weighted by atomic mass is 19.1. The number of carbonyl (C=O) groups is 1. The summed E-state index contributed by atoms with van der Waals surface area (Å²) in [5.74, 6) is -0.778. The highest BCUT2D eigenvalue weighted by molar-refractivity contribution is 5.79. The Kier molecular flexibility index (Phi) is 4.18. The minimum atomic E-state index is -0.364. The first-order valence-electron chi connectivity index (χ1n) is 7.43. The number of benzene rings is 2. The maximum atomic E-state index is 13.7. The van der Waals surface area contributed by atoms with Crippen LogP contribution in [-0.4, -0.2) is 17.4 Å². The van der Waals surface area contributed by atoms with Gasteiger partial charge in [-0.3, -0.25) is 4.79 Å². The molecule has 114 valence electrons. The van der Waals surface area contributed by atoms with E-state index in [0.717, 1.165) is 18.4 Å². The van der Waals surface area contributed by atoms with Crippen molar-refractivity contribution in [3.63, 3.8) is 0 Å². The van der Waals surface area contributed by atoms with E-state index in [1.54, 1.807) is 29.2 Å². The average Bonchev–Trinajstić information content (AvgIpc) is 2.99. The van der Waals surface area contributed by atoms with E-state index in [1.165, 1.54) is 18.2 Å². The lowest BCUT2D eigenvalue weighted by atomic mass is 10.0. The summed E-state index contributed by atoms with van der Waals surface area (Å²) < 4.78 is 27.1. The van der Waals surface area contributed by atoms with Crippen molar-refractivity contribution in [2.24, 2.45) is 0 Å². The molecule has 1 saturated heterocycles. The van der Waals surface area contributed by atoms with Crippen LogP contribution in [0.2, 0.25) is 0 Å². The fraction of sp³-hybridized carbons (Fsp3) is 0.278. The third-order valence-electron chi connectivity index (χ3n) is 4.11. The lowest BCUT2D eigenvalue weighted by Crippen LogP contribution is -2.32. The molecule has 1 fully saturated rings. The van der Waals surface area contributed by atoms with Crippen LogP contribution < -0.4 is 0 Å². The molecule has 0 aromatic heterocycles. The molecule has 0 aliphatic carbocycles. The summed E-state index contributed by atoms with van der Waals surface area (Å²) in [7, 11) is 0. The Hall–Kier alpha value is -2.23. The summed E-state index contributed by atoms with van der Waals surface area (Å²) in [6.07, 6.45) is 1.73. The lowest BCUT2D eigenvalue weighted by molar-refractivity contribution is -0.131. The Balaban J connectivity index is 1.78. The molecule has 4 heteroatoms. The van der Waals surface area contributed by atoms with Crippen molar-refractivity contribution in [1.29, 1.82) is 0 Å². The quantitative estimate of drug-likeness (QED) is 0.842. The fourth-order valence-corrected chi connectivity index (χ4v) is 3.03. The van der Waals surface area contributed by atoms with E-state index in [2.05, 4.69) is 0 Å². The van der Waals surface area contributed by atoms with Crippen molar-refractivity contribution in [3.8, 4) is 0 Å². The van der Waals surface area contributed by atoms with E-state index >= 15 is 0 Å². The molecule has 3 rings (SSSR count). The molecule has 1 aliphatic heterocycles. The maximum Gasteiger partial charge on any atom is 0.227 e. The van der Waals surface area contributed by atoms with Gasteiger partial charge in [-0.15, -0.1) is 0 Å². The number of amides is 1. The van der Waals surface area contributed by atoms with Crippen LogP contribution in [0, 0.1) is 11.6 Å². The van der Waals surface area contributed by atoms with Gasteiger partial charge in [0, 0.05) is 6.54 Å². The molecule has 1 atom stereocenters. The highest BCUT2D eigenvalue weighted by Gasteiger charge is 2.30. The summed E-state index contributed by atoms with van der Waals surface area (Å²) in [5, 5.41) is 0. The standard InChI is InChI=1S/C18H17F2NO/c19-15-7-3-6-14(11-15)17-9-4-10-21(17)18(22)12-13-5-1-2-8-16(13)20/h1-3,5-8,11,17H,4,9-10,12H2. The van der Waals surface area contributed by atoms with Crippen LogP contribution in [0.25, 0.3) is 0 Å². The molecule has 0 N–H and O–H groups in total. The molecule has 1 aliphatic rings. The van der Waals surface area contributed by atoms with Crippen molar-refractivity contribution in [2.75, 3.05) is 6.54 Å². The minimum Gasteiger partial charge on any atom is -0.335 e. The fourth-order valence-electron chi connectivity index (χ4n) is 3.03. The molecule has 1 unspecified atom stereocenters. The number of nitrogens with zero attached hydrogens (tertiary/aromatic N) is 1. The normalized spacial score (nSPS) is 17.7. The van der Waals surface area contributed by atoms with Gasteiger partial charge in [0.1, 0.15) is 11.6 Å². The van der Waals surface area contributed by atoms with E-state index in [9.17, 15) is 13.6 Å². The maximum absolute atomic E-state index is 13.7. The summed E-state index contributed by atoms with van der Waals surface area (Å²) in [6, 6.07) is 12.6. The monoisotopic (exact) mass is 301 g/mol. The largest absolute Gasteiger partial charge is 0.335 e. The van der Waals surface area contributed by atoms with Crippen molar-refractivity contribution >= 4 is 5.91 Å². The number of carbonyl (C=O) groups excluding carboxylic acids is 1. The zero-order chi connectivity index (χ0) is 15.5. The Bertz CT molecular complexity index is 686. The zero-order valence-electron chi connectivity index (χ0n) is 12.1. The summed E-state index contributed by atoms with van der Waals surface area (Å²) in [4.78, 5) is 14.2. The van der Waals surface area contributed by atoms with Gasteiger partial charge in [0.25, 0.3) is 0 Å². The van der Waals surface area contributed by atoms with E-state index in [4.69, 9.17) is 0 Å². The van der Waals surface area contributed by atoms with Crippen LogP contribution in [0.5, 0.6) is 0 Å². The molecular weight excluding hydrogens is 284 g/mol. The first-order chi connectivity index (χ1) is 10.6. The van der Waals surface area contributed by atoms with Crippen molar-refractivity contribution in [1.82, 2.24) is 4.90 Å². The molecule has 22 heavy (non-hydrogen) atoms. The number of halogens is 2. The van der Waals surface area contributed by atoms with Crippen LogP contribution >= 0.6 is 0 Å². The van der Waals surface area contributed by atoms with Gasteiger partial charge in [-0.1, -0.05) is 30.3 Å². The second kappa shape index (κ2) is 6.26. The summed E-state index contributed by atoms with van der Waals surface area (Å²) in [5.41, 5.74) is 1.21. The van der Waals surface area contributed by atoms with Gasteiger partial charge in [-0.2, -0.15) is 0 Å². The summed E-state index contributed by atoms with van der Waals surface area (Å²) in [6.45, 7) is 0.633. The third kappa shape index (κ3) is 3.01. The molecule has 1 heterocycles. The molecule has 2 aromatic carbocycles. The molecule has 2 nitrogen and oxygen atoms in total. The van der Waals surface area contributed by atoms with Crippen LogP contribution in [0.15, 0.2) is 48.5 Å². The predicted molar refractivity (Wildman–Crippen MR) is 80.2 cm³/mol. The Morgan fingerprint density at radius 3 is 2.73 bits per heavy atom. The minimum absolute atomic E-state index is 0.0402. The smallest absolute Gasteiger partial charge is 0.227 e. The van der Waals surface area contributed by atoms with Crippen LogP contribution in [0.3, 0.4) is 0 Å². The number of likely N-dealkylation sites (tertiary alicyclic amines) is 1. The van der Waals surface area contributed by atoms with Crippen molar-refractivity contribution < 1.29 is 13.6 Å². The van der Waals surface area contributed by atoms with E-state index < -0.39 is 0 Å². The Labute approximate surface area is 128 Å². The second-order valence-electron chi connectivity index (χ2n) is 5.57. The van der Waals surface area contributed by atoms with Gasteiger partial charge in [0.15, 0.2) is 0 Å². The van der Waals surface area contributed by atoms with Gasteiger partial charge in [-0.25, -0.2) is 8.78 Å². The van der Waals surface area contributed by atoms with Gasteiger partial charge in [0.2, 0.25) is 5.91 Å². The number of hydrogen-bond donors (Lipinski definition) is 0. The number of rotatable bonds is 3. The number of hydrogen-bond acceptors (Lipinski definition) is 1. The Morgan fingerprint density at radius 1 is 1.14 bits per heavy atom. The van der Waals surface area contributed by atoms with Crippen LogP contribution in [0.1, 0.15) is 30.0 Å². The topological polar surface area (TPSA) is 20.3 Å². The molecule has 0 bridgehead atoms. The average molecular weight is 301 g/mol. The molecule has 1 amide bonds. The summed E-state index contributed by atoms with van der Waals surface area (Å²) >= 11 is 0. The second-order valence-corrected chi connectivity index (χ2v) is 5.57. The highest BCUT2D eigenvalue weighted by Crippen LogP contribution is 2.32. The van der Waals surface area contributed by atoms with E-state index in [0.29, 0.717) is 12.1 Å². The van der Waals surface area contributed by atoms with E-state index in [-0.39, 0.29) is 30.0 Å². The van der Waals surface area contributed by atoms with Crippen LogP contribution in [0.4, 0.5) is 8.78 Å². The lowest BCUT2D eigenvalue weighted by Gasteiger charge is -2.25. The third-order valence-corrected chi connectivity index (χ3v) is 4.11. The first-order valence-corrected chi connectivity index (χ1v) is 7.43. The van der Waals surface area contributed by atoms with Gasteiger partial charge in [0.05, 0.1) is 12.5 Å². The predicted octanol–water partition coefficient (Wildman–Crippen LogP) is 3.87. The molecular formula is C18H17F2NO. The first kappa shape index (κ1) is 14.7. The molecule has 0 radical (unpaired) electrons. The molecule has 0 saturated carbocycles. The Morgan fingerprint density at radius 2 is 1.95 bits per heavy atom. The van der Waals surface area contributed by atoms with Gasteiger partial charge in [-0.05, 0) is 42.2 Å². The molecule has 0 spiro atoms. The van der Waals surface area contributed by atoms with Crippen molar-refractivity contribution in [2.45, 2.75) is 25.3 Å². The van der Waals surface area contributed by atoms with E-state index in [1.807, 2.05) is 6.07 Å². The molecule has 2 aromatic rings. The van der Waals surface area contributed by atoms with Gasteiger partial charge >= 0.3 is 0 Å². The van der Waals surface area contributed by atoms with Crippen molar-refractivity contribution in [3.05, 3.63) is 71.3 Å². The zero-order valence-corrected chi connectivity index (χ0v) is 12.1. The van der Waals surface area contributed by atoms with Crippen LogP contribution in [-0.2, 0) is 11.2 Å². The SMILES string of the molecule is O=C(Cc1ccccc1F)N1CCCC1c1cccc(F)c1. The van der Waals surface area contributed by atoms with Gasteiger partial charge < -0.3 is 4.90 Å².